The summed E-state index contributed by atoms with van der Waals surface area (Å²) in [5, 5.41) is 2.97. The highest BCUT2D eigenvalue weighted by molar-refractivity contribution is 7.80. The van der Waals surface area contributed by atoms with E-state index in [1.807, 2.05) is 24.3 Å². The van der Waals surface area contributed by atoms with Crippen molar-refractivity contribution in [1.29, 1.82) is 0 Å². The van der Waals surface area contributed by atoms with Gasteiger partial charge in [0.15, 0.2) is 5.11 Å². The van der Waals surface area contributed by atoms with E-state index in [2.05, 4.69) is 5.32 Å². The summed E-state index contributed by atoms with van der Waals surface area (Å²) in [6.07, 6.45) is 1.16. The number of carbonyl (C=O) groups is 4. The van der Waals surface area contributed by atoms with Crippen molar-refractivity contribution < 1.29 is 28.3 Å². The fourth-order valence-corrected chi connectivity index (χ4v) is 5.42. The number of nitrogens with zero attached hydrogens (tertiary/aromatic N) is 3. The lowest BCUT2D eigenvalue weighted by Crippen LogP contribution is -2.37. The Morgan fingerprint density at radius 2 is 1.64 bits per heavy atom. The number of amides is 3. The summed E-state index contributed by atoms with van der Waals surface area (Å²) in [5.41, 5.74) is 2.85. The Labute approximate surface area is 247 Å². The fraction of sp³-hybridized carbons (Fsp3) is 0.258. The number of benzene rings is 3. The third-order valence-corrected chi connectivity index (χ3v) is 7.55. The van der Waals surface area contributed by atoms with Gasteiger partial charge in [0.05, 0.1) is 24.3 Å². The molecule has 216 valence electrons. The maximum Gasteiger partial charge on any atom is 0.338 e. The Balaban J connectivity index is 1.34. The summed E-state index contributed by atoms with van der Waals surface area (Å²) < 4.78 is 18.6. The number of halogens is 1. The molecule has 1 N–H and O–H groups in total. The molecule has 0 spiro atoms. The van der Waals surface area contributed by atoms with E-state index in [4.69, 9.17) is 17.0 Å². The van der Waals surface area contributed by atoms with E-state index < -0.39 is 29.6 Å². The van der Waals surface area contributed by atoms with Gasteiger partial charge in [0.2, 0.25) is 11.8 Å². The monoisotopic (exact) mass is 588 g/mol. The van der Waals surface area contributed by atoms with E-state index in [-0.39, 0.29) is 30.6 Å². The average Bonchev–Trinajstić information content (AvgIpc) is 3.50. The second-order valence-corrected chi connectivity index (χ2v) is 10.3. The van der Waals surface area contributed by atoms with Gasteiger partial charge in [0.25, 0.3) is 5.91 Å². The molecule has 0 saturated carbocycles. The van der Waals surface area contributed by atoms with Crippen molar-refractivity contribution in [2.45, 2.75) is 38.8 Å². The molecule has 3 aromatic carbocycles. The number of esters is 1. The predicted octanol–water partition coefficient (Wildman–Crippen LogP) is 4.66. The number of anilines is 3. The second kappa shape index (κ2) is 12.5. The molecule has 0 radical (unpaired) electrons. The number of nitrogens with one attached hydrogen (secondary N) is 1. The molecular formula is C31H29FN4O5S. The Hall–Kier alpha value is -4.64. The minimum absolute atomic E-state index is 0.0885. The number of hydrogen-bond acceptors (Lipinski definition) is 6. The summed E-state index contributed by atoms with van der Waals surface area (Å²) in [7, 11) is 0. The van der Waals surface area contributed by atoms with Gasteiger partial charge >= 0.3 is 5.97 Å². The molecule has 11 heteroatoms. The van der Waals surface area contributed by atoms with Gasteiger partial charge in [-0.25, -0.2) is 9.18 Å². The molecule has 42 heavy (non-hydrogen) atoms. The van der Waals surface area contributed by atoms with Crippen LogP contribution in [0.3, 0.4) is 0 Å². The van der Waals surface area contributed by atoms with E-state index in [1.165, 1.54) is 29.2 Å². The minimum atomic E-state index is -0.916. The molecule has 2 fully saturated rings. The average molecular weight is 589 g/mol. The van der Waals surface area contributed by atoms with Crippen molar-refractivity contribution in [3.63, 3.8) is 0 Å². The Morgan fingerprint density at radius 1 is 0.976 bits per heavy atom. The molecule has 3 amide bonds. The first-order valence-electron chi connectivity index (χ1n) is 13.6. The highest BCUT2D eigenvalue weighted by Crippen LogP contribution is 2.30. The van der Waals surface area contributed by atoms with Crippen LogP contribution in [0.2, 0.25) is 0 Å². The molecule has 3 aromatic rings. The van der Waals surface area contributed by atoms with Crippen LogP contribution in [0, 0.1) is 5.82 Å². The summed E-state index contributed by atoms with van der Waals surface area (Å²) in [4.78, 5) is 55.6. The third kappa shape index (κ3) is 6.15. The highest BCUT2D eigenvalue weighted by Gasteiger charge is 2.44. The van der Waals surface area contributed by atoms with Gasteiger partial charge in [-0.2, -0.15) is 0 Å². The van der Waals surface area contributed by atoms with Crippen LogP contribution in [-0.4, -0.2) is 52.9 Å². The molecule has 9 nitrogen and oxygen atoms in total. The SMILES string of the molecule is CCOC(=O)c1ccc(NC(=O)CC2C(=O)N(c3ccc(F)cc3)C(=S)N2Cc2ccc(N3CCCC3=O)cc2)cc1. The zero-order valence-corrected chi connectivity index (χ0v) is 23.7. The van der Waals surface area contributed by atoms with Crippen molar-refractivity contribution in [3.05, 3.63) is 89.7 Å². The molecule has 2 aliphatic rings. The highest BCUT2D eigenvalue weighted by atomic mass is 32.1. The van der Waals surface area contributed by atoms with Crippen LogP contribution in [0.4, 0.5) is 21.5 Å². The molecule has 2 heterocycles. The maximum absolute atomic E-state index is 13.7. The van der Waals surface area contributed by atoms with E-state index in [9.17, 15) is 23.6 Å². The molecular weight excluding hydrogens is 559 g/mol. The first-order chi connectivity index (χ1) is 20.2. The lowest BCUT2D eigenvalue weighted by atomic mass is 10.1. The summed E-state index contributed by atoms with van der Waals surface area (Å²) in [6, 6.07) is 18.2. The second-order valence-electron chi connectivity index (χ2n) is 9.94. The van der Waals surface area contributed by atoms with E-state index in [1.54, 1.807) is 41.0 Å². The van der Waals surface area contributed by atoms with E-state index in [0.29, 0.717) is 29.9 Å². The minimum Gasteiger partial charge on any atom is -0.462 e. The fourth-order valence-electron chi connectivity index (χ4n) is 5.03. The number of rotatable bonds is 9. The van der Waals surface area contributed by atoms with Crippen molar-refractivity contribution >= 4 is 58.1 Å². The summed E-state index contributed by atoms with van der Waals surface area (Å²) in [5.74, 6) is -1.65. The first kappa shape index (κ1) is 28.9. The number of ether oxygens (including phenoxy) is 1. The Kier molecular flexibility index (Phi) is 8.58. The molecule has 0 aliphatic carbocycles. The molecule has 1 atom stereocenters. The van der Waals surface area contributed by atoms with Crippen LogP contribution in [0.1, 0.15) is 42.1 Å². The topological polar surface area (TPSA) is 99.3 Å². The van der Waals surface area contributed by atoms with Gasteiger partial charge in [0, 0.05) is 30.9 Å². The molecule has 2 saturated heterocycles. The molecule has 2 aliphatic heterocycles. The van der Waals surface area contributed by atoms with Crippen molar-refractivity contribution in [3.8, 4) is 0 Å². The predicted molar refractivity (Wildman–Crippen MR) is 159 cm³/mol. The van der Waals surface area contributed by atoms with Crippen molar-refractivity contribution in [1.82, 2.24) is 4.90 Å². The zero-order valence-electron chi connectivity index (χ0n) is 22.9. The van der Waals surface area contributed by atoms with E-state index >= 15 is 0 Å². The standard InChI is InChI=1S/C31H29FN4O5S/c1-2-41-30(40)21-7-11-23(12-8-21)33-27(37)18-26-29(39)36(25-15-9-22(32)10-16-25)31(42)35(26)19-20-5-13-24(14-6-20)34-17-3-4-28(34)38/h5-16,26H,2-4,17-19H2,1H3,(H,33,37). The van der Waals surface area contributed by atoms with Crippen LogP contribution in [0.15, 0.2) is 72.8 Å². The number of hydrogen-bond donors (Lipinski definition) is 1. The quantitative estimate of drug-likeness (QED) is 0.287. The molecule has 1 unspecified atom stereocenters. The lowest BCUT2D eigenvalue weighted by Gasteiger charge is -2.24. The first-order valence-corrected chi connectivity index (χ1v) is 14.0. The van der Waals surface area contributed by atoms with Gasteiger partial charge in [-0.1, -0.05) is 12.1 Å². The lowest BCUT2D eigenvalue weighted by molar-refractivity contribution is -0.124. The normalized spacial score (nSPS) is 16.8. The van der Waals surface area contributed by atoms with Gasteiger partial charge < -0.3 is 19.9 Å². The van der Waals surface area contributed by atoms with Crippen molar-refractivity contribution in [2.75, 3.05) is 28.3 Å². The summed E-state index contributed by atoms with van der Waals surface area (Å²) in [6.45, 7) is 2.89. The largest absolute Gasteiger partial charge is 0.462 e. The number of thiocarbonyl (C=S) groups is 1. The Morgan fingerprint density at radius 3 is 2.26 bits per heavy atom. The van der Waals surface area contributed by atoms with Crippen LogP contribution in [0.5, 0.6) is 0 Å². The maximum atomic E-state index is 13.7. The molecule has 5 rings (SSSR count). The molecule has 0 aromatic heterocycles. The van der Waals surface area contributed by atoms with Crippen LogP contribution in [0.25, 0.3) is 0 Å². The van der Waals surface area contributed by atoms with Gasteiger partial charge in [0.1, 0.15) is 11.9 Å². The van der Waals surface area contributed by atoms with Crippen molar-refractivity contribution in [2.24, 2.45) is 0 Å². The smallest absolute Gasteiger partial charge is 0.338 e. The Bertz CT molecular complexity index is 1510. The van der Waals surface area contributed by atoms with Crippen LogP contribution >= 0.6 is 12.2 Å². The van der Waals surface area contributed by atoms with Gasteiger partial charge in [-0.15, -0.1) is 0 Å². The summed E-state index contributed by atoms with van der Waals surface area (Å²) >= 11 is 5.71. The van der Waals surface area contributed by atoms with Crippen LogP contribution in [-0.2, 0) is 25.7 Å². The van der Waals surface area contributed by atoms with Gasteiger partial charge in [-0.3, -0.25) is 19.3 Å². The molecule has 0 bridgehead atoms. The number of carbonyl (C=O) groups excluding carboxylic acids is 4. The zero-order chi connectivity index (χ0) is 29.8. The van der Waals surface area contributed by atoms with Gasteiger partial charge in [-0.05, 0) is 91.8 Å². The van der Waals surface area contributed by atoms with E-state index in [0.717, 1.165) is 17.7 Å². The van der Waals surface area contributed by atoms with Crippen LogP contribution < -0.4 is 15.1 Å². The third-order valence-electron chi connectivity index (χ3n) is 7.14.